The predicted octanol–water partition coefficient (Wildman–Crippen LogP) is 6.83. The van der Waals surface area contributed by atoms with Crippen molar-refractivity contribution in [3.63, 3.8) is 0 Å². The van der Waals surface area contributed by atoms with E-state index in [2.05, 4.69) is 126 Å². The van der Waals surface area contributed by atoms with Crippen molar-refractivity contribution in [1.29, 1.82) is 0 Å². The van der Waals surface area contributed by atoms with Gasteiger partial charge in [-0.25, -0.2) is 5.01 Å². The molecule has 5 rings (SSSR count). The first kappa shape index (κ1) is 26.7. The van der Waals surface area contributed by atoms with E-state index in [4.69, 9.17) is 5.10 Å². The molecule has 0 amide bonds. The molecule has 0 aromatic heterocycles. The maximum atomic E-state index is 14.5. The van der Waals surface area contributed by atoms with Gasteiger partial charge < -0.3 is 4.90 Å². The number of Topliss-reactive ketones (excluding diaryl/α,β-unsaturated/α-hetero) is 1. The van der Waals surface area contributed by atoms with Gasteiger partial charge in [0.15, 0.2) is 5.78 Å². The molecule has 1 N–H and O–H groups in total. The third-order valence-corrected chi connectivity index (χ3v) is 8.85. The van der Waals surface area contributed by atoms with Gasteiger partial charge in [-0.05, 0) is 65.5 Å². The van der Waals surface area contributed by atoms with Crippen LogP contribution in [-0.2, 0) is 4.79 Å². The average molecular weight is 513 g/mol. The Balaban J connectivity index is 1.73. The first-order chi connectivity index (χ1) is 17.8. The van der Waals surface area contributed by atoms with Crippen molar-refractivity contribution in [1.82, 2.24) is 5.32 Å². The van der Waals surface area contributed by atoms with Crippen molar-refractivity contribution in [3.8, 4) is 0 Å². The number of benzene rings is 2. The third-order valence-electron chi connectivity index (χ3n) is 8.85. The van der Waals surface area contributed by atoms with Gasteiger partial charge in [0.2, 0.25) is 0 Å². The minimum atomic E-state index is -0.183. The Morgan fingerprint density at radius 1 is 0.895 bits per heavy atom. The molecule has 3 aliphatic rings. The summed E-state index contributed by atoms with van der Waals surface area (Å²) >= 11 is 0. The largest absolute Gasteiger partial charge is 0.378 e. The number of ketones is 1. The molecule has 2 aliphatic heterocycles. The van der Waals surface area contributed by atoms with E-state index >= 15 is 0 Å². The smallest absolute Gasteiger partial charge is 0.164 e. The van der Waals surface area contributed by atoms with Gasteiger partial charge in [-0.15, -0.1) is 0 Å². The van der Waals surface area contributed by atoms with Gasteiger partial charge in [-0.1, -0.05) is 71.9 Å². The standard InChI is InChI=1S/C33H44N4O/c1-20-26-27-24(32(2,3)4)19-25(33(5,6)7)30(38)28(27)29(21-15-17-22(18-16-21)36(8)9)34-31(26)37(35-20)23-13-11-10-12-14-23/h10-18,24-26,29,31,34H,19H2,1-9H3/t24-,25-,26-,29+,31-/m0/s1. The fourth-order valence-corrected chi connectivity index (χ4v) is 6.75. The van der Waals surface area contributed by atoms with Crippen LogP contribution in [0.3, 0.4) is 0 Å². The highest BCUT2D eigenvalue weighted by atomic mass is 16.1. The van der Waals surface area contributed by atoms with E-state index < -0.39 is 0 Å². The van der Waals surface area contributed by atoms with E-state index in [9.17, 15) is 4.79 Å². The summed E-state index contributed by atoms with van der Waals surface area (Å²) < 4.78 is 0. The van der Waals surface area contributed by atoms with Crippen molar-refractivity contribution in [3.05, 3.63) is 71.3 Å². The van der Waals surface area contributed by atoms with Crippen LogP contribution in [0.5, 0.6) is 0 Å². The zero-order valence-electron chi connectivity index (χ0n) is 24.5. The number of hydrogen-bond donors (Lipinski definition) is 1. The van der Waals surface area contributed by atoms with Crippen LogP contribution in [0.1, 0.15) is 66.5 Å². The van der Waals surface area contributed by atoms with Crippen LogP contribution in [0.2, 0.25) is 0 Å². The quantitative estimate of drug-likeness (QED) is 0.490. The second-order valence-electron chi connectivity index (χ2n) is 13.7. The van der Waals surface area contributed by atoms with E-state index in [1.807, 2.05) is 6.07 Å². The summed E-state index contributed by atoms with van der Waals surface area (Å²) in [6.45, 7) is 15.8. The molecule has 0 unspecified atom stereocenters. The zero-order chi connectivity index (χ0) is 27.6. The van der Waals surface area contributed by atoms with Gasteiger partial charge in [-0.3, -0.25) is 10.1 Å². The lowest BCUT2D eigenvalue weighted by Crippen LogP contribution is -2.56. The van der Waals surface area contributed by atoms with Crippen molar-refractivity contribution >= 4 is 22.9 Å². The molecule has 2 aromatic rings. The van der Waals surface area contributed by atoms with Crippen molar-refractivity contribution in [2.24, 2.45) is 33.7 Å². The van der Waals surface area contributed by atoms with E-state index in [1.165, 1.54) is 5.57 Å². The number of hydrazone groups is 1. The molecule has 0 saturated carbocycles. The number of nitrogens with one attached hydrogen (secondary N) is 1. The molecule has 5 atom stereocenters. The van der Waals surface area contributed by atoms with Crippen LogP contribution in [0.4, 0.5) is 11.4 Å². The second-order valence-corrected chi connectivity index (χ2v) is 13.7. The molecular formula is C33H44N4O. The number of hydrogen-bond acceptors (Lipinski definition) is 5. The highest BCUT2D eigenvalue weighted by Gasteiger charge is 2.55. The Kier molecular flexibility index (Phi) is 6.58. The Morgan fingerprint density at radius 3 is 2.05 bits per heavy atom. The number of para-hydroxylation sites is 1. The molecule has 0 saturated heterocycles. The molecule has 5 nitrogen and oxygen atoms in total. The molecule has 0 fully saturated rings. The Hall–Kier alpha value is -2.92. The van der Waals surface area contributed by atoms with Gasteiger partial charge in [0, 0.05) is 37.0 Å². The normalized spacial score (nSPS) is 27.7. The Bertz CT molecular complexity index is 1260. The molecule has 0 bridgehead atoms. The summed E-state index contributed by atoms with van der Waals surface area (Å²) in [5.41, 5.74) is 6.65. The Morgan fingerprint density at radius 2 is 1.50 bits per heavy atom. The molecule has 2 heterocycles. The van der Waals surface area contributed by atoms with E-state index in [0.29, 0.717) is 11.7 Å². The molecule has 38 heavy (non-hydrogen) atoms. The fourth-order valence-electron chi connectivity index (χ4n) is 6.75. The average Bonchev–Trinajstić information content (AvgIpc) is 3.19. The van der Waals surface area contributed by atoms with Gasteiger partial charge in [0.25, 0.3) is 0 Å². The lowest BCUT2D eigenvalue weighted by atomic mass is 9.56. The third kappa shape index (κ3) is 4.49. The summed E-state index contributed by atoms with van der Waals surface area (Å²) in [5, 5.41) is 11.2. The van der Waals surface area contributed by atoms with Crippen LogP contribution in [0.25, 0.3) is 0 Å². The highest BCUT2D eigenvalue weighted by Crippen LogP contribution is 2.55. The summed E-state index contributed by atoms with van der Waals surface area (Å²) in [6, 6.07) is 18.9. The number of anilines is 2. The lowest BCUT2D eigenvalue weighted by molar-refractivity contribution is -0.125. The molecular weight excluding hydrogens is 468 g/mol. The van der Waals surface area contributed by atoms with Crippen LogP contribution in [0, 0.1) is 28.6 Å². The molecule has 5 heteroatoms. The molecule has 0 radical (unpaired) electrons. The van der Waals surface area contributed by atoms with Crippen molar-refractivity contribution < 1.29 is 4.79 Å². The SMILES string of the molecule is CC1=NN(c2ccccc2)[C@@H]2N[C@H](c3ccc(N(C)C)cc3)C3=C([C@H]12)[C@@H](C(C)(C)C)C[C@H](C(C)(C)C)C3=O. The van der Waals surface area contributed by atoms with Crippen LogP contribution >= 0.6 is 0 Å². The van der Waals surface area contributed by atoms with Gasteiger partial charge >= 0.3 is 0 Å². The summed E-state index contributed by atoms with van der Waals surface area (Å²) in [5.74, 6) is 0.651. The second kappa shape index (κ2) is 9.37. The first-order valence-corrected chi connectivity index (χ1v) is 14.0. The zero-order valence-corrected chi connectivity index (χ0v) is 24.5. The maximum Gasteiger partial charge on any atom is 0.164 e. The van der Waals surface area contributed by atoms with Gasteiger partial charge in [0.1, 0.15) is 6.17 Å². The molecule has 202 valence electrons. The number of carbonyl (C=O) groups is 1. The molecule has 0 spiro atoms. The van der Waals surface area contributed by atoms with E-state index in [-0.39, 0.29) is 34.9 Å². The molecule has 2 aromatic carbocycles. The lowest BCUT2D eigenvalue weighted by Gasteiger charge is -2.51. The minimum Gasteiger partial charge on any atom is -0.378 e. The van der Waals surface area contributed by atoms with Gasteiger partial charge in [0.05, 0.1) is 17.6 Å². The Labute approximate surface area is 229 Å². The predicted molar refractivity (Wildman–Crippen MR) is 158 cm³/mol. The van der Waals surface area contributed by atoms with Crippen LogP contribution in [-0.4, -0.2) is 31.8 Å². The summed E-state index contributed by atoms with van der Waals surface area (Å²) in [7, 11) is 4.12. The summed E-state index contributed by atoms with van der Waals surface area (Å²) in [6.07, 6.45) is 0.845. The van der Waals surface area contributed by atoms with Crippen LogP contribution in [0.15, 0.2) is 70.8 Å². The number of fused-ring (bicyclic) bond motifs is 2. The first-order valence-electron chi connectivity index (χ1n) is 14.0. The monoisotopic (exact) mass is 512 g/mol. The number of rotatable bonds is 3. The fraction of sp³-hybridized carbons (Fsp3) is 0.515. The van der Waals surface area contributed by atoms with Crippen molar-refractivity contribution in [2.75, 3.05) is 24.0 Å². The van der Waals surface area contributed by atoms with Crippen molar-refractivity contribution in [2.45, 2.75) is 67.1 Å². The number of nitrogens with zero attached hydrogens (tertiary/aromatic N) is 3. The minimum absolute atomic E-state index is 0.0174. The van der Waals surface area contributed by atoms with Gasteiger partial charge in [-0.2, -0.15) is 5.10 Å². The van der Waals surface area contributed by atoms with E-state index in [1.54, 1.807) is 0 Å². The topological polar surface area (TPSA) is 47.9 Å². The highest BCUT2D eigenvalue weighted by molar-refractivity contribution is 6.03. The number of carbonyl (C=O) groups excluding carboxylic acids is 1. The summed E-state index contributed by atoms with van der Waals surface area (Å²) in [4.78, 5) is 16.6. The van der Waals surface area contributed by atoms with Crippen LogP contribution < -0.4 is 15.2 Å². The molecule has 1 aliphatic carbocycles. The van der Waals surface area contributed by atoms with E-state index in [0.717, 1.165) is 34.6 Å². The maximum absolute atomic E-state index is 14.5.